The number of hydrogen-bond donors (Lipinski definition) is 1. The summed E-state index contributed by atoms with van der Waals surface area (Å²) in [6, 6.07) is 2.91. The second-order valence-electron chi connectivity index (χ2n) is 5.07. The van der Waals surface area contributed by atoms with E-state index in [1.807, 2.05) is 6.20 Å². The molecular weight excluding hydrogens is 290 g/mol. The van der Waals surface area contributed by atoms with Crippen molar-refractivity contribution in [3.63, 3.8) is 0 Å². The molecular formula is C14H22BrN3. The summed E-state index contributed by atoms with van der Waals surface area (Å²) in [4.78, 5) is 6.83. The van der Waals surface area contributed by atoms with Crippen LogP contribution in [0.25, 0.3) is 0 Å². The van der Waals surface area contributed by atoms with Crippen LogP contribution in [-0.2, 0) is 6.54 Å². The molecule has 0 saturated heterocycles. The highest BCUT2D eigenvalue weighted by Crippen LogP contribution is 2.24. The van der Waals surface area contributed by atoms with Crippen molar-refractivity contribution in [1.29, 1.82) is 0 Å². The van der Waals surface area contributed by atoms with E-state index in [1.165, 1.54) is 31.2 Å². The predicted octanol–water partition coefficient (Wildman–Crippen LogP) is 3.33. The van der Waals surface area contributed by atoms with Crippen molar-refractivity contribution in [2.75, 3.05) is 18.5 Å². The van der Waals surface area contributed by atoms with E-state index < -0.39 is 0 Å². The van der Waals surface area contributed by atoms with Gasteiger partial charge in [0.1, 0.15) is 5.82 Å². The molecule has 3 nitrogen and oxygen atoms in total. The average Bonchev–Trinajstić information content (AvgIpc) is 3.17. The summed E-state index contributed by atoms with van der Waals surface area (Å²) in [7, 11) is 2.13. The number of aromatic nitrogens is 1. The Hall–Kier alpha value is -0.610. The fourth-order valence-corrected chi connectivity index (χ4v) is 2.37. The lowest BCUT2D eigenvalue weighted by atomic mass is 10.2. The fourth-order valence-electron chi connectivity index (χ4n) is 1.99. The molecule has 1 N–H and O–H groups in total. The largest absolute Gasteiger partial charge is 0.359 e. The van der Waals surface area contributed by atoms with Gasteiger partial charge in [0, 0.05) is 42.4 Å². The third kappa shape index (κ3) is 3.95. The lowest BCUT2D eigenvalue weighted by Gasteiger charge is -2.21. The maximum atomic E-state index is 4.57. The monoisotopic (exact) mass is 311 g/mol. The molecule has 0 bridgehead atoms. The van der Waals surface area contributed by atoms with Crippen LogP contribution in [0.5, 0.6) is 0 Å². The van der Waals surface area contributed by atoms with E-state index in [0.717, 1.165) is 29.4 Å². The molecule has 1 heterocycles. The summed E-state index contributed by atoms with van der Waals surface area (Å²) in [5.41, 5.74) is 1.29. The molecule has 4 heteroatoms. The van der Waals surface area contributed by atoms with Crippen LogP contribution in [0.4, 0.5) is 5.82 Å². The molecule has 0 unspecified atom stereocenters. The van der Waals surface area contributed by atoms with Crippen LogP contribution >= 0.6 is 15.9 Å². The molecule has 1 saturated carbocycles. The highest BCUT2D eigenvalue weighted by atomic mass is 79.9. The molecule has 0 atom stereocenters. The topological polar surface area (TPSA) is 28.2 Å². The van der Waals surface area contributed by atoms with Crippen molar-refractivity contribution in [2.45, 2.75) is 45.2 Å². The first kappa shape index (κ1) is 13.8. The lowest BCUT2D eigenvalue weighted by Crippen LogP contribution is -2.24. The van der Waals surface area contributed by atoms with Crippen LogP contribution in [-0.4, -0.2) is 24.6 Å². The minimum absolute atomic E-state index is 0.734. The Morgan fingerprint density at radius 2 is 2.28 bits per heavy atom. The Balaban J connectivity index is 2.05. The zero-order valence-electron chi connectivity index (χ0n) is 11.2. The Morgan fingerprint density at radius 1 is 1.50 bits per heavy atom. The van der Waals surface area contributed by atoms with E-state index >= 15 is 0 Å². The number of nitrogens with zero attached hydrogens (tertiary/aromatic N) is 2. The Morgan fingerprint density at radius 3 is 2.94 bits per heavy atom. The first-order valence-electron chi connectivity index (χ1n) is 6.79. The summed E-state index contributed by atoms with van der Waals surface area (Å²) in [6.45, 7) is 4.21. The maximum Gasteiger partial charge on any atom is 0.132 e. The Kier molecular flexibility index (Phi) is 5.01. The summed E-state index contributed by atoms with van der Waals surface area (Å²) in [5.74, 6) is 1.11. The minimum atomic E-state index is 0.734. The summed E-state index contributed by atoms with van der Waals surface area (Å²) in [6.07, 6.45) is 6.96. The number of pyridine rings is 1. The van der Waals surface area contributed by atoms with Gasteiger partial charge in [0.25, 0.3) is 0 Å². The number of nitrogens with one attached hydrogen (secondary N) is 1. The summed E-state index contributed by atoms with van der Waals surface area (Å²) in [5, 5.41) is 3.56. The number of anilines is 1. The van der Waals surface area contributed by atoms with Gasteiger partial charge in [-0.25, -0.2) is 4.98 Å². The molecule has 0 amide bonds. The van der Waals surface area contributed by atoms with Crippen LogP contribution in [0.3, 0.4) is 0 Å². The van der Waals surface area contributed by atoms with Gasteiger partial charge in [0.2, 0.25) is 0 Å². The van der Waals surface area contributed by atoms with Gasteiger partial charge in [-0.3, -0.25) is 0 Å². The third-order valence-corrected chi connectivity index (χ3v) is 3.71. The molecule has 1 aromatic rings. The van der Waals surface area contributed by atoms with Crippen LogP contribution in [0.1, 0.15) is 38.2 Å². The number of hydrogen-bond acceptors (Lipinski definition) is 3. The zero-order valence-corrected chi connectivity index (χ0v) is 12.8. The predicted molar refractivity (Wildman–Crippen MR) is 80.0 cm³/mol. The van der Waals surface area contributed by atoms with Crippen molar-refractivity contribution in [3.05, 3.63) is 22.3 Å². The molecule has 1 fully saturated rings. The van der Waals surface area contributed by atoms with Gasteiger partial charge in [-0.1, -0.05) is 13.3 Å². The van der Waals surface area contributed by atoms with Crippen molar-refractivity contribution < 1.29 is 0 Å². The van der Waals surface area contributed by atoms with Gasteiger partial charge < -0.3 is 10.2 Å². The van der Waals surface area contributed by atoms with E-state index in [1.54, 1.807) is 0 Å². The van der Waals surface area contributed by atoms with Crippen LogP contribution < -0.4 is 10.2 Å². The fraction of sp³-hybridized carbons (Fsp3) is 0.643. The molecule has 1 aliphatic rings. The number of unbranched alkanes of at least 4 members (excludes halogenated alkanes) is 1. The average molecular weight is 312 g/mol. The second-order valence-corrected chi connectivity index (χ2v) is 5.98. The highest BCUT2D eigenvalue weighted by molar-refractivity contribution is 9.10. The van der Waals surface area contributed by atoms with Crippen molar-refractivity contribution in [1.82, 2.24) is 10.3 Å². The van der Waals surface area contributed by atoms with Gasteiger partial charge in [-0.15, -0.1) is 0 Å². The van der Waals surface area contributed by atoms with Gasteiger partial charge in [-0.05, 0) is 41.3 Å². The van der Waals surface area contributed by atoms with Crippen LogP contribution in [0, 0.1) is 0 Å². The van der Waals surface area contributed by atoms with E-state index in [0.29, 0.717) is 0 Å². The first-order chi connectivity index (χ1) is 8.70. The Labute approximate surface area is 118 Å². The van der Waals surface area contributed by atoms with Gasteiger partial charge in [0.15, 0.2) is 0 Å². The van der Waals surface area contributed by atoms with Crippen molar-refractivity contribution in [2.24, 2.45) is 0 Å². The Bertz CT molecular complexity index is 391. The molecule has 0 aromatic carbocycles. The van der Waals surface area contributed by atoms with Gasteiger partial charge in [0.05, 0.1) is 0 Å². The molecule has 100 valence electrons. The SMILES string of the molecule is CCCCN(C)c1ncc(Br)cc1CNC1CC1. The zero-order chi connectivity index (χ0) is 13.0. The molecule has 2 rings (SSSR count). The van der Waals surface area contributed by atoms with Crippen molar-refractivity contribution >= 4 is 21.7 Å². The molecule has 0 spiro atoms. The van der Waals surface area contributed by atoms with E-state index in [9.17, 15) is 0 Å². The van der Waals surface area contributed by atoms with E-state index in [2.05, 4.69) is 51.2 Å². The lowest BCUT2D eigenvalue weighted by molar-refractivity contribution is 0.679. The molecule has 0 aliphatic heterocycles. The molecule has 1 aliphatic carbocycles. The normalized spacial score (nSPS) is 14.8. The van der Waals surface area contributed by atoms with Gasteiger partial charge >= 0.3 is 0 Å². The van der Waals surface area contributed by atoms with Crippen molar-refractivity contribution in [3.8, 4) is 0 Å². The smallest absolute Gasteiger partial charge is 0.132 e. The molecule has 18 heavy (non-hydrogen) atoms. The quantitative estimate of drug-likeness (QED) is 0.837. The standard InChI is InChI=1S/C14H22BrN3/c1-3-4-7-18(2)14-11(8-12(15)10-17-14)9-16-13-5-6-13/h8,10,13,16H,3-7,9H2,1-2H3. The highest BCUT2D eigenvalue weighted by Gasteiger charge is 2.21. The third-order valence-electron chi connectivity index (χ3n) is 3.28. The summed E-state index contributed by atoms with van der Waals surface area (Å²) >= 11 is 3.51. The van der Waals surface area contributed by atoms with E-state index in [4.69, 9.17) is 0 Å². The summed E-state index contributed by atoms with van der Waals surface area (Å²) < 4.78 is 1.06. The minimum Gasteiger partial charge on any atom is -0.359 e. The van der Waals surface area contributed by atoms with Gasteiger partial charge in [-0.2, -0.15) is 0 Å². The van der Waals surface area contributed by atoms with Crippen LogP contribution in [0.15, 0.2) is 16.7 Å². The molecule has 0 radical (unpaired) electrons. The maximum absolute atomic E-state index is 4.57. The van der Waals surface area contributed by atoms with E-state index in [-0.39, 0.29) is 0 Å². The van der Waals surface area contributed by atoms with Crippen LogP contribution in [0.2, 0.25) is 0 Å². The number of rotatable bonds is 7. The second kappa shape index (κ2) is 6.53. The number of halogens is 1. The first-order valence-corrected chi connectivity index (χ1v) is 7.59. The molecule has 1 aromatic heterocycles.